The Morgan fingerprint density at radius 3 is 2.24 bits per heavy atom. The van der Waals surface area contributed by atoms with Crippen molar-refractivity contribution in [1.82, 2.24) is 9.80 Å². The van der Waals surface area contributed by atoms with Crippen molar-refractivity contribution in [2.75, 3.05) is 34.3 Å². The van der Waals surface area contributed by atoms with Crippen LogP contribution in [0.2, 0.25) is 0 Å². The number of rotatable bonds is 4. The molecule has 1 aliphatic heterocycles. The molecule has 0 radical (unpaired) electrons. The van der Waals surface area contributed by atoms with Gasteiger partial charge >= 0.3 is 5.97 Å². The molecule has 1 saturated heterocycles. The van der Waals surface area contributed by atoms with E-state index in [-0.39, 0.29) is 17.9 Å². The number of hydrogen-bond acceptors (Lipinski definition) is 4. The second-order valence-electron chi connectivity index (χ2n) is 5.28. The number of ether oxygens (including phenoxy) is 1. The predicted molar refractivity (Wildman–Crippen MR) is 68.9 cm³/mol. The Labute approximate surface area is 105 Å². The summed E-state index contributed by atoms with van der Waals surface area (Å²) in [7, 11) is 5.74. The summed E-state index contributed by atoms with van der Waals surface area (Å²) >= 11 is 0. The van der Waals surface area contributed by atoms with Gasteiger partial charge in [0.25, 0.3) is 0 Å². The fourth-order valence-corrected chi connectivity index (χ4v) is 2.51. The van der Waals surface area contributed by atoms with Crippen molar-refractivity contribution >= 4 is 5.97 Å². The van der Waals surface area contributed by atoms with Crippen LogP contribution in [0.5, 0.6) is 0 Å². The largest absolute Gasteiger partial charge is 0.469 e. The molecule has 0 N–H and O–H groups in total. The first-order valence-corrected chi connectivity index (χ1v) is 6.45. The van der Waals surface area contributed by atoms with Crippen molar-refractivity contribution < 1.29 is 9.53 Å². The van der Waals surface area contributed by atoms with E-state index >= 15 is 0 Å². The molecule has 0 aromatic heterocycles. The van der Waals surface area contributed by atoms with Crippen LogP contribution >= 0.6 is 0 Å². The summed E-state index contributed by atoms with van der Waals surface area (Å²) in [5.41, 5.74) is 0. The maximum absolute atomic E-state index is 11.5. The summed E-state index contributed by atoms with van der Waals surface area (Å²) in [6.45, 7) is 6.23. The number of esters is 1. The molecule has 1 aliphatic rings. The summed E-state index contributed by atoms with van der Waals surface area (Å²) in [4.78, 5) is 16.2. The van der Waals surface area contributed by atoms with E-state index in [0.29, 0.717) is 6.04 Å². The quantitative estimate of drug-likeness (QED) is 0.694. The number of carbonyl (C=O) groups excluding carboxylic acids is 1. The highest BCUT2D eigenvalue weighted by Crippen LogP contribution is 2.20. The zero-order valence-electron chi connectivity index (χ0n) is 11.8. The first-order chi connectivity index (χ1) is 7.97. The van der Waals surface area contributed by atoms with Crippen LogP contribution in [0.25, 0.3) is 0 Å². The monoisotopic (exact) mass is 242 g/mol. The Hall–Kier alpha value is -0.610. The van der Waals surface area contributed by atoms with E-state index in [0.717, 1.165) is 13.1 Å². The lowest BCUT2D eigenvalue weighted by Crippen LogP contribution is -2.48. The minimum Gasteiger partial charge on any atom is -0.469 e. The second kappa shape index (κ2) is 6.36. The van der Waals surface area contributed by atoms with E-state index in [1.54, 1.807) is 0 Å². The van der Waals surface area contributed by atoms with E-state index in [1.807, 2.05) is 6.92 Å². The van der Waals surface area contributed by atoms with E-state index in [1.165, 1.54) is 20.0 Å². The van der Waals surface area contributed by atoms with Gasteiger partial charge in [0.05, 0.1) is 13.0 Å². The number of methoxy groups -OCH3 is 1. The lowest BCUT2D eigenvalue weighted by atomic mass is 9.97. The number of hydrogen-bond donors (Lipinski definition) is 0. The normalized spacial score (nSPS) is 22.5. The van der Waals surface area contributed by atoms with Crippen LogP contribution in [0.3, 0.4) is 0 Å². The molecule has 100 valence electrons. The fraction of sp³-hybridized carbons (Fsp3) is 0.923. The zero-order valence-corrected chi connectivity index (χ0v) is 11.8. The molecule has 4 nitrogen and oxygen atoms in total. The molecule has 2 unspecified atom stereocenters. The maximum atomic E-state index is 11.5. The number of nitrogens with zero attached hydrogens (tertiary/aromatic N) is 2. The Morgan fingerprint density at radius 1 is 1.29 bits per heavy atom. The highest BCUT2D eigenvalue weighted by molar-refractivity contribution is 5.72. The average molecular weight is 242 g/mol. The van der Waals surface area contributed by atoms with Gasteiger partial charge in [0.2, 0.25) is 0 Å². The fourth-order valence-electron chi connectivity index (χ4n) is 2.51. The van der Waals surface area contributed by atoms with Gasteiger partial charge in [0.1, 0.15) is 0 Å². The van der Waals surface area contributed by atoms with Gasteiger partial charge in [-0.3, -0.25) is 9.69 Å². The zero-order chi connectivity index (χ0) is 13.0. The van der Waals surface area contributed by atoms with Gasteiger partial charge in [-0.25, -0.2) is 0 Å². The van der Waals surface area contributed by atoms with Crippen molar-refractivity contribution in [2.45, 2.75) is 38.8 Å². The molecule has 2 atom stereocenters. The second-order valence-corrected chi connectivity index (χ2v) is 5.28. The van der Waals surface area contributed by atoms with Gasteiger partial charge in [-0.15, -0.1) is 0 Å². The van der Waals surface area contributed by atoms with Crippen LogP contribution < -0.4 is 0 Å². The molecule has 4 heteroatoms. The molecule has 1 heterocycles. The minimum absolute atomic E-state index is 0.0455. The molecule has 0 amide bonds. The Morgan fingerprint density at radius 2 is 1.82 bits per heavy atom. The van der Waals surface area contributed by atoms with Gasteiger partial charge < -0.3 is 9.64 Å². The molecule has 0 aromatic rings. The van der Waals surface area contributed by atoms with Crippen LogP contribution in [0, 0.1) is 5.92 Å². The summed E-state index contributed by atoms with van der Waals surface area (Å²) in [5.74, 6) is -0.150. The molecular formula is C13H26N2O2. The minimum atomic E-state index is -0.104. The summed E-state index contributed by atoms with van der Waals surface area (Å²) in [6, 6.07) is 0.956. The maximum Gasteiger partial charge on any atom is 0.309 e. The van der Waals surface area contributed by atoms with E-state index in [4.69, 9.17) is 4.74 Å². The number of likely N-dealkylation sites (tertiary alicyclic amines) is 1. The van der Waals surface area contributed by atoms with Gasteiger partial charge in [0, 0.05) is 12.1 Å². The SMILES string of the molecule is COC(=O)C(C)C(C)N1CCC(N(C)C)CC1. The third-order valence-electron chi connectivity index (χ3n) is 4.10. The van der Waals surface area contributed by atoms with Crippen molar-refractivity contribution in [1.29, 1.82) is 0 Å². The third-order valence-corrected chi connectivity index (χ3v) is 4.10. The van der Waals surface area contributed by atoms with E-state index < -0.39 is 0 Å². The molecule has 0 spiro atoms. The molecule has 1 rings (SSSR count). The lowest BCUT2D eigenvalue weighted by Gasteiger charge is -2.39. The van der Waals surface area contributed by atoms with Crippen molar-refractivity contribution in [3.05, 3.63) is 0 Å². The highest BCUT2D eigenvalue weighted by Gasteiger charge is 2.29. The smallest absolute Gasteiger partial charge is 0.309 e. The van der Waals surface area contributed by atoms with Crippen LogP contribution in [0.15, 0.2) is 0 Å². The Kier molecular flexibility index (Phi) is 5.40. The summed E-state index contributed by atoms with van der Waals surface area (Å²) in [5, 5.41) is 0. The van der Waals surface area contributed by atoms with Crippen LogP contribution in [0.4, 0.5) is 0 Å². The summed E-state index contributed by atoms with van der Waals surface area (Å²) < 4.78 is 4.81. The molecule has 0 bridgehead atoms. The first-order valence-electron chi connectivity index (χ1n) is 6.45. The molecule has 1 fully saturated rings. The molecule has 0 saturated carbocycles. The van der Waals surface area contributed by atoms with E-state index in [2.05, 4.69) is 30.8 Å². The number of piperidine rings is 1. The van der Waals surface area contributed by atoms with Crippen molar-refractivity contribution in [2.24, 2.45) is 5.92 Å². The third kappa shape index (κ3) is 3.68. The van der Waals surface area contributed by atoms with Crippen LogP contribution in [-0.2, 0) is 9.53 Å². The lowest BCUT2D eigenvalue weighted by molar-refractivity contribution is -0.147. The Bertz CT molecular complexity index is 248. The van der Waals surface area contributed by atoms with Crippen LogP contribution in [-0.4, -0.2) is 62.1 Å². The van der Waals surface area contributed by atoms with Crippen LogP contribution in [0.1, 0.15) is 26.7 Å². The standard InChI is InChI=1S/C13H26N2O2/c1-10(13(16)17-5)11(2)15-8-6-12(7-9-15)14(3)4/h10-12H,6-9H2,1-5H3. The first kappa shape index (κ1) is 14.5. The highest BCUT2D eigenvalue weighted by atomic mass is 16.5. The topological polar surface area (TPSA) is 32.8 Å². The molecule has 17 heavy (non-hydrogen) atoms. The van der Waals surface area contributed by atoms with E-state index in [9.17, 15) is 4.79 Å². The predicted octanol–water partition coefficient (Wildman–Crippen LogP) is 1.21. The van der Waals surface area contributed by atoms with Gasteiger partial charge in [0.15, 0.2) is 0 Å². The van der Waals surface area contributed by atoms with Gasteiger partial charge in [-0.05, 0) is 47.0 Å². The van der Waals surface area contributed by atoms with Gasteiger partial charge in [-0.1, -0.05) is 6.92 Å². The molecule has 0 aliphatic carbocycles. The average Bonchev–Trinajstić information content (AvgIpc) is 2.36. The van der Waals surface area contributed by atoms with Crippen molar-refractivity contribution in [3.8, 4) is 0 Å². The van der Waals surface area contributed by atoms with Gasteiger partial charge in [-0.2, -0.15) is 0 Å². The molecule has 0 aromatic carbocycles. The number of carbonyl (C=O) groups is 1. The van der Waals surface area contributed by atoms with Crippen molar-refractivity contribution in [3.63, 3.8) is 0 Å². The molecular weight excluding hydrogens is 216 g/mol. The summed E-state index contributed by atoms with van der Waals surface area (Å²) in [6.07, 6.45) is 2.37. The Balaban J connectivity index is 2.45.